The van der Waals surface area contributed by atoms with E-state index >= 15 is 0 Å². The lowest BCUT2D eigenvalue weighted by atomic mass is 9.88. The molecule has 0 aromatic heterocycles. The van der Waals surface area contributed by atoms with Crippen LogP contribution in [0.3, 0.4) is 0 Å². The van der Waals surface area contributed by atoms with Gasteiger partial charge >= 0.3 is 6.18 Å². The van der Waals surface area contributed by atoms with Crippen LogP contribution in [0.15, 0.2) is 54.6 Å². The first-order chi connectivity index (χ1) is 9.85. The van der Waals surface area contributed by atoms with E-state index in [0.29, 0.717) is 5.56 Å². The molecule has 0 heterocycles. The molecule has 0 saturated carbocycles. The van der Waals surface area contributed by atoms with Gasteiger partial charge < -0.3 is 5.73 Å². The molecule has 0 aliphatic heterocycles. The van der Waals surface area contributed by atoms with Crippen LogP contribution in [-0.2, 0) is 18.3 Å². The predicted molar refractivity (Wildman–Crippen MR) is 73.4 cm³/mol. The van der Waals surface area contributed by atoms with Crippen LogP contribution in [0.4, 0.5) is 17.6 Å². The second kappa shape index (κ2) is 5.85. The quantitative estimate of drug-likeness (QED) is 0.846. The zero-order valence-corrected chi connectivity index (χ0v) is 11.2. The summed E-state index contributed by atoms with van der Waals surface area (Å²) in [6.45, 7) is -0.298. The normalized spacial score (nSPS) is 14.7. The summed E-state index contributed by atoms with van der Waals surface area (Å²) in [5.74, 6) is 0. The fourth-order valence-corrected chi connectivity index (χ4v) is 2.21. The van der Waals surface area contributed by atoms with E-state index < -0.39 is 17.4 Å². The molecule has 0 aliphatic rings. The number of halogens is 4. The Morgan fingerprint density at radius 3 is 2.00 bits per heavy atom. The Bertz CT molecular complexity index is 595. The van der Waals surface area contributed by atoms with E-state index in [0.717, 1.165) is 12.1 Å². The van der Waals surface area contributed by atoms with Crippen LogP contribution < -0.4 is 5.73 Å². The van der Waals surface area contributed by atoms with Crippen LogP contribution >= 0.6 is 0 Å². The average molecular weight is 297 g/mol. The number of rotatable bonds is 4. The van der Waals surface area contributed by atoms with Crippen molar-refractivity contribution in [1.82, 2.24) is 0 Å². The largest absolute Gasteiger partial charge is 0.416 e. The van der Waals surface area contributed by atoms with Crippen LogP contribution in [0.25, 0.3) is 0 Å². The Labute approximate surface area is 120 Å². The molecule has 1 nitrogen and oxygen atoms in total. The highest BCUT2D eigenvalue weighted by Crippen LogP contribution is 2.33. The summed E-state index contributed by atoms with van der Waals surface area (Å²) in [5.41, 5.74) is 3.48. The molecule has 0 saturated heterocycles. The number of benzene rings is 2. The molecule has 5 heteroatoms. The second-order valence-electron chi connectivity index (χ2n) is 4.91. The third kappa shape index (κ3) is 3.61. The topological polar surface area (TPSA) is 26.0 Å². The van der Waals surface area contributed by atoms with Crippen molar-refractivity contribution >= 4 is 0 Å². The van der Waals surface area contributed by atoms with Gasteiger partial charge in [0.2, 0.25) is 0 Å². The number of hydrogen-bond donors (Lipinski definition) is 1. The van der Waals surface area contributed by atoms with Gasteiger partial charge in [0.25, 0.3) is 0 Å². The van der Waals surface area contributed by atoms with Crippen molar-refractivity contribution in [3.05, 3.63) is 71.3 Å². The molecule has 0 radical (unpaired) electrons. The first kappa shape index (κ1) is 15.5. The lowest BCUT2D eigenvalue weighted by Gasteiger charge is -2.24. The van der Waals surface area contributed by atoms with Gasteiger partial charge in [-0.3, -0.25) is 0 Å². The molecule has 0 amide bonds. The molecular weight excluding hydrogens is 282 g/mol. The highest BCUT2D eigenvalue weighted by atomic mass is 19.4. The van der Waals surface area contributed by atoms with E-state index in [9.17, 15) is 17.6 Å². The first-order valence-corrected chi connectivity index (χ1v) is 6.46. The summed E-state index contributed by atoms with van der Waals surface area (Å²) >= 11 is 0. The SMILES string of the molecule is NCC(F)(Cc1cccc(C(F)(F)F)c1)c1ccccc1. The van der Waals surface area contributed by atoms with E-state index in [4.69, 9.17) is 5.73 Å². The maximum absolute atomic E-state index is 15.0. The number of hydrogen-bond acceptors (Lipinski definition) is 1. The van der Waals surface area contributed by atoms with Crippen molar-refractivity contribution in [2.24, 2.45) is 5.73 Å². The second-order valence-corrected chi connectivity index (χ2v) is 4.91. The van der Waals surface area contributed by atoms with Crippen LogP contribution in [0.5, 0.6) is 0 Å². The minimum absolute atomic E-state index is 0.197. The van der Waals surface area contributed by atoms with Crippen molar-refractivity contribution in [1.29, 1.82) is 0 Å². The maximum atomic E-state index is 15.0. The van der Waals surface area contributed by atoms with Crippen molar-refractivity contribution < 1.29 is 17.6 Å². The summed E-state index contributed by atoms with van der Waals surface area (Å²) in [4.78, 5) is 0. The molecule has 21 heavy (non-hydrogen) atoms. The van der Waals surface area contributed by atoms with E-state index in [1.54, 1.807) is 30.3 Å². The summed E-state index contributed by atoms with van der Waals surface area (Å²) in [7, 11) is 0. The molecule has 0 bridgehead atoms. The van der Waals surface area contributed by atoms with E-state index in [1.165, 1.54) is 12.1 Å². The first-order valence-electron chi connectivity index (χ1n) is 6.46. The molecule has 1 unspecified atom stereocenters. The van der Waals surface area contributed by atoms with Gasteiger partial charge in [0, 0.05) is 13.0 Å². The molecule has 2 N–H and O–H groups in total. The lowest BCUT2D eigenvalue weighted by molar-refractivity contribution is -0.137. The Morgan fingerprint density at radius 1 is 0.810 bits per heavy atom. The molecule has 0 spiro atoms. The Kier molecular flexibility index (Phi) is 4.32. The van der Waals surface area contributed by atoms with E-state index in [1.807, 2.05) is 0 Å². The number of nitrogens with two attached hydrogens (primary N) is 1. The molecule has 1 atom stereocenters. The highest BCUT2D eigenvalue weighted by molar-refractivity contribution is 5.30. The van der Waals surface area contributed by atoms with Crippen LogP contribution in [-0.4, -0.2) is 6.54 Å². The summed E-state index contributed by atoms with van der Waals surface area (Å²) in [6, 6.07) is 12.9. The Hall–Kier alpha value is -1.88. The fraction of sp³-hybridized carbons (Fsp3) is 0.250. The Morgan fingerprint density at radius 2 is 1.43 bits per heavy atom. The highest BCUT2D eigenvalue weighted by Gasteiger charge is 2.33. The molecule has 0 fully saturated rings. The molecular formula is C16H15F4N. The van der Waals surface area contributed by atoms with Crippen LogP contribution in [0, 0.1) is 0 Å². The molecule has 2 aromatic carbocycles. The third-order valence-corrected chi connectivity index (χ3v) is 3.35. The van der Waals surface area contributed by atoms with Gasteiger partial charge in [0.05, 0.1) is 5.56 Å². The van der Waals surface area contributed by atoms with Gasteiger partial charge in [0.1, 0.15) is 0 Å². The lowest BCUT2D eigenvalue weighted by Crippen LogP contribution is -2.32. The zero-order chi connectivity index (χ0) is 15.5. The summed E-state index contributed by atoms with van der Waals surface area (Å²) in [6.07, 6.45) is -4.64. The standard InChI is InChI=1S/C16H15F4N/c17-15(11-21,13-6-2-1-3-7-13)10-12-5-4-8-14(9-12)16(18,19)20/h1-9H,10-11,21H2. The van der Waals surface area contributed by atoms with Crippen LogP contribution in [0.1, 0.15) is 16.7 Å². The van der Waals surface area contributed by atoms with Gasteiger partial charge in [0.15, 0.2) is 5.67 Å². The van der Waals surface area contributed by atoms with Crippen LogP contribution in [0.2, 0.25) is 0 Å². The van der Waals surface area contributed by atoms with Gasteiger partial charge in [-0.15, -0.1) is 0 Å². The average Bonchev–Trinajstić information content (AvgIpc) is 2.47. The molecule has 2 aromatic rings. The van der Waals surface area contributed by atoms with Gasteiger partial charge in [-0.2, -0.15) is 13.2 Å². The van der Waals surface area contributed by atoms with Gasteiger partial charge in [-0.25, -0.2) is 4.39 Å². The van der Waals surface area contributed by atoms with Gasteiger partial charge in [-0.05, 0) is 17.2 Å². The summed E-state index contributed by atoms with van der Waals surface area (Å²) in [5, 5.41) is 0. The smallest absolute Gasteiger partial charge is 0.327 e. The van der Waals surface area contributed by atoms with Crippen molar-refractivity contribution in [3.63, 3.8) is 0 Å². The van der Waals surface area contributed by atoms with E-state index in [2.05, 4.69) is 0 Å². The maximum Gasteiger partial charge on any atom is 0.416 e. The fourth-order valence-electron chi connectivity index (χ4n) is 2.21. The minimum Gasteiger partial charge on any atom is -0.327 e. The van der Waals surface area contributed by atoms with Gasteiger partial charge in [-0.1, -0.05) is 48.5 Å². The van der Waals surface area contributed by atoms with Crippen molar-refractivity contribution in [2.75, 3.05) is 6.54 Å². The van der Waals surface area contributed by atoms with Crippen molar-refractivity contribution in [2.45, 2.75) is 18.3 Å². The van der Waals surface area contributed by atoms with Crippen molar-refractivity contribution in [3.8, 4) is 0 Å². The molecule has 2 rings (SSSR count). The Balaban J connectivity index is 2.31. The number of alkyl halides is 4. The molecule has 0 aliphatic carbocycles. The zero-order valence-electron chi connectivity index (χ0n) is 11.2. The monoisotopic (exact) mass is 297 g/mol. The third-order valence-electron chi connectivity index (χ3n) is 3.35. The predicted octanol–water partition coefficient (Wildman–Crippen LogP) is 4.07. The van der Waals surface area contributed by atoms with E-state index in [-0.39, 0.29) is 18.5 Å². The minimum atomic E-state index is -4.44. The molecule has 112 valence electrons. The summed E-state index contributed by atoms with van der Waals surface area (Å²) < 4.78 is 53.0.